The van der Waals surface area contributed by atoms with Crippen molar-refractivity contribution in [2.75, 3.05) is 50.5 Å². The monoisotopic (exact) mass is 556 g/mol. The van der Waals surface area contributed by atoms with Crippen LogP contribution in [0.1, 0.15) is 13.8 Å². The van der Waals surface area contributed by atoms with Crippen LogP contribution in [0.3, 0.4) is 0 Å². The summed E-state index contributed by atoms with van der Waals surface area (Å²) < 4.78 is 3.09. The molecule has 0 unspecified atom stereocenters. The molecule has 2 N–H and O–H groups in total. The highest BCUT2D eigenvalue weighted by Gasteiger charge is 2.21. The van der Waals surface area contributed by atoms with Crippen LogP contribution < -0.4 is 15.8 Å². The molecular weight excluding hydrogens is 520 g/mol. The molecule has 1 aromatic carbocycles. The number of aldehydes is 1. The van der Waals surface area contributed by atoms with Crippen molar-refractivity contribution >= 4 is 51.4 Å². The molecule has 0 aliphatic carbocycles. The number of carbonyl (C=O) groups is 1. The molecule has 0 bridgehead atoms. The number of likely N-dealkylation sites (N-methyl/N-ethyl adjacent to an activating group) is 1. The van der Waals surface area contributed by atoms with Gasteiger partial charge in [0.25, 0.3) is 5.56 Å². The zero-order chi connectivity index (χ0) is 29.1. The zero-order valence-electron chi connectivity index (χ0n) is 23.9. The van der Waals surface area contributed by atoms with Gasteiger partial charge in [-0.1, -0.05) is 6.08 Å². The Labute approximate surface area is 238 Å². The quantitative estimate of drug-likeness (QED) is 0.0807. The van der Waals surface area contributed by atoms with E-state index in [1.54, 1.807) is 21.8 Å². The van der Waals surface area contributed by atoms with Gasteiger partial charge in [-0.3, -0.25) is 14.6 Å². The minimum absolute atomic E-state index is 0.0836. The van der Waals surface area contributed by atoms with Crippen LogP contribution in [0.2, 0.25) is 0 Å². The Kier molecular flexibility index (Phi) is 8.02. The summed E-state index contributed by atoms with van der Waals surface area (Å²) in [4.78, 5) is 41.9. The number of hydrazone groups is 1. The first kappa shape index (κ1) is 27.8. The number of rotatable bonds is 9. The van der Waals surface area contributed by atoms with Gasteiger partial charge in [0.05, 0.1) is 6.54 Å². The lowest BCUT2D eigenvalue weighted by Crippen LogP contribution is -2.44. The Morgan fingerprint density at radius 3 is 2.73 bits per heavy atom. The molecule has 1 fully saturated rings. The van der Waals surface area contributed by atoms with E-state index in [-0.39, 0.29) is 18.1 Å². The maximum Gasteiger partial charge on any atom is 0.278 e. The number of carbonyl (C=O) groups excluding carboxylic acids is 1. The van der Waals surface area contributed by atoms with Crippen molar-refractivity contribution < 1.29 is 4.79 Å². The van der Waals surface area contributed by atoms with Crippen molar-refractivity contribution in [1.82, 2.24) is 34.2 Å². The smallest absolute Gasteiger partial charge is 0.278 e. The van der Waals surface area contributed by atoms with Gasteiger partial charge in [0, 0.05) is 73.9 Å². The Hall–Kier alpha value is -4.71. The van der Waals surface area contributed by atoms with Crippen LogP contribution in [0.15, 0.2) is 65.3 Å². The molecular formula is C29H36N10O2. The molecule has 0 radical (unpaired) electrons. The van der Waals surface area contributed by atoms with Crippen LogP contribution in [0.5, 0.6) is 0 Å². The fraction of sp³-hybridized carbons (Fsp3) is 0.345. The summed E-state index contributed by atoms with van der Waals surface area (Å²) in [7, 11) is 3.97. The summed E-state index contributed by atoms with van der Waals surface area (Å²) in [5.74, 6) is 0.685. The van der Waals surface area contributed by atoms with Gasteiger partial charge in [0.2, 0.25) is 5.95 Å². The Balaban J connectivity index is 1.60. The zero-order valence-corrected chi connectivity index (χ0v) is 23.9. The molecule has 4 aromatic rings. The fourth-order valence-corrected chi connectivity index (χ4v) is 4.81. The van der Waals surface area contributed by atoms with Crippen molar-refractivity contribution in [2.24, 2.45) is 5.10 Å². The van der Waals surface area contributed by atoms with E-state index in [0.717, 1.165) is 48.5 Å². The Morgan fingerprint density at radius 2 is 2.02 bits per heavy atom. The third-order valence-electron chi connectivity index (χ3n) is 7.27. The third-order valence-corrected chi connectivity index (χ3v) is 7.27. The highest BCUT2D eigenvalue weighted by molar-refractivity contribution is 6.01. The number of hydrogen-bond acceptors (Lipinski definition) is 9. The molecule has 0 amide bonds. The van der Waals surface area contributed by atoms with E-state index in [0.29, 0.717) is 29.1 Å². The van der Waals surface area contributed by atoms with Gasteiger partial charge in [-0.15, -0.1) is 6.58 Å². The maximum atomic E-state index is 13.4. The topological polar surface area (TPSA) is 120 Å². The first-order chi connectivity index (χ1) is 19.8. The third kappa shape index (κ3) is 5.64. The van der Waals surface area contributed by atoms with Crippen LogP contribution in [0.4, 0.5) is 17.3 Å². The number of nitrogens with zero attached hydrogens (tertiary/aromatic N) is 8. The maximum absolute atomic E-state index is 13.4. The van der Waals surface area contributed by atoms with E-state index < -0.39 is 0 Å². The molecule has 0 atom stereocenters. The van der Waals surface area contributed by atoms with Gasteiger partial charge in [-0.2, -0.15) is 10.1 Å². The highest BCUT2D eigenvalue weighted by atomic mass is 16.1. The standard InChI is InChI=1S/C29H36N10O2/c1-6-11-38-28(41)23-19-31-29(33-27(23)39(38)26(8-7-16-40)34-36(5)20(2)3)32-21-17-24-22(9-10-30-24)25(18-21)37-14-12-35(4)13-15-37/h6-10,16-20,30H,1,11-15H2,2-5H3,(H,31,32,33)/b8-7-,34-26+. The predicted molar refractivity (Wildman–Crippen MR) is 164 cm³/mol. The fourth-order valence-electron chi connectivity index (χ4n) is 4.81. The molecule has 12 nitrogen and oxygen atoms in total. The second kappa shape index (κ2) is 11.8. The van der Waals surface area contributed by atoms with Gasteiger partial charge in [0.15, 0.2) is 11.5 Å². The normalized spacial score (nSPS) is 15.0. The van der Waals surface area contributed by atoms with Crippen molar-refractivity contribution in [3.8, 4) is 0 Å². The summed E-state index contributed by atoms with van der Waals surface area (Å²) >= 11 is 0. The van der Waals surface area contributed by atoms with E-state index in [2.05, 4.69) is 55.9 Å². The number of aromatic nitrogens is 5. The number of benzene rings is 1. The molecule has 3 aromatic heterocycles. The van der Waals surface area contributed by atoms with Gasteiger partial charge in [-0.25, -0.2) is 14.3 Å². The molecule has 1 aliphatic rings. The molecule has 0 spiro atoms. The summed E-state index contributed by atoms with van der Waals surface area (Å²) in [6.07, 6.45) is 8.66. The Bertz CT molecular complexity index is 1680. The van der Waals surface area contributed by atoms with Crippen molar-refractivity contribution in [1.29, 1.82) is 0 Å². The number of hydrogen-bond donors (Lipinski definition) is 2. The summed E-state index contributed by atoms with van der Waals surface area (Å²) in [5.41, 5.74) is 3.04. The summed E-state index contributed by atoms with van der Waals surface area (Å²) in [5, 5.41) is 11.3. The second-order valence-electron chi connectivity index (χ2n) is 10.4. The molecule has 1 aliphatic heterocycles. The molecule has 0 saturated carbocycles. The lowest BCUT2D eigenvalue weighted by molar-refractivity contribution is -0.104. The number of piperazine rings is 1. The Morgan fingerprint density at radius 1 is 1.24 bits per heavy atom. The van der Waals surface area contributed by atoms with Crippen LogP contribution in [-0.4, -0.2) is 92.7 Å². The van der Waals surface area contributed by atoms with Crippen molar-refractivity contribution in [3.05, 3.63) is 65.8 Å². The number of nitrogens with one attached hydrogen (secondary N) is 2. The van der Waals surface area contributed by atoms with E-state index >= 15 is 0 Å². The van der Waals surface area contributed by atoms with Crippen LogP contribution >= 0.6 is 0 Å². The number of allylic oxidation sites excluding steroid dienone is 3. The van der Waals surface area contributed by atoms with Crippen LogP contribution in [-0.2, 0) is 11.3 Å². The molecule has 214 valence electrons. The first-order valence-corrected chi connectivity index (χ1v) is 13.7. The first-order valence-electron chi connectivity index (χ1n) is 13.7. The largest absolute Gasteiger partial charge is 0.368 e. The number of anilines is 3. The van der Waals surface area contributed by atoms with E-state index in [1.807, 2.05) is 33.2 Å². The average molecular weight is 557 g/mol. The van der Waals surface area contributed by atoms with Crippen LogP contribution in [0.25, 0.3) is 21.9 Å². The van der Waals surface area contributed by atoms with Crippen LogP contribution in [0, 0.1) is 0 Å². The highest BCUT2D eigenvalue weighted by Crippen LogP contribution is 2.32. The number of fused-ring (bicyclic) bond motifs is 2. The summed E-state index contributed by atoms with van der Waals surface area (Å²) in [6, 6.07) is 6.32. The minimum Gasteiger partial charge on any atom is -0.368 e. The molecule has 4 heterocycles. The van der Waals surface area contributed by atoms with E-state index in [1.165, 1.54) is 17.0 Å². The number of H-pyrrole nitrogens is 1. The minimum atomic E-state index is -0.281. The molecule has 5 rings (SSSR count). The molecule has 1 saturated heterocycles. The van der Waals surface area contributed by atoms with Gasteiger partial charge < -0.3 is 20.1 Å². The molecule has 41 heavy (non-hydrogen) atoms. The van der Waals surface area contributed by atoms with E-state index in [9.17, 15) is 9.59 Å². The van der Waals surface area contributed by atoms with Crippen molar-refractivity contribution in [3.63, 3.8) is 0 Å². The van der Waals surface area contributed by atoms with Gasteiger partial charge >= 0.3 is 0 Å². The van der Waals surface area contributed by atoms with Gasteiger partial charge in [-0.05, 0) is 51.2 Å². The SMILES string of the molecule is C=CCn1c(=O)c2cnc(Nc3cc(N4CCN(C)CC4)c4cc[nH]c4c3)nc2n1C(/C=C\C=O)=N/N(C)C(C)C. The lowest BCUT2D eigenvalue weighted by Gasteiger charge is -2.34. The van der Waals surface area contributed by atoms with Gasteiger partial charge in [0.1, 0.15) is 11.7 Å². The predicted octanol–water partition coefficient (Wildman–Crippen LogP) is 3.01. The average Bonchev–Trinajstić information content (AvgIpc) is 3.53. The second-order valence-corrected chi connectivity index (χ2v) is 10.4. The summed E-state index contributed by atoms with van der Waals surface area (Å²) in [6.45, 7) is 11.9. The van der Waals surface area contributed by atoms with Crippen molar-refractivity contribution in [2.45, 2.75) is 26.4 Å². The van der Waals surface area contributed by atoms with E-state index in [4.69, 9.17) is 4.98 Å². The molecule has 12 heteroatoms. The number of aromatic amines is 1. The lowest BCUT2D eigenvalue weighted by atomic mass is 10.1.